The van der Waals surface area contributed by atoms with Crippen LogP contribution in [0.2, 0.25) is 0 Å². The first-order valence-corrected chi connectivity index (χ1v) is 9.44. The molecule has 29 heavy (non-hydrogen) atoms. The maximum atomic E-state index is 12.8. The van der Waals surface area contributed by atoms with E-state index in [0.29, 0.717) is 41.6 Å². The Balaban J connectivity index is 1.40. The molecule has 0 bridgehead atoms. The summed E-state index contributed by atoms with van der Waals surface area (Å²) in [5.74, 6) is 0.876. The minimum Gasteiger partial charge on any atom is -0.393 e. The van der Waals surface area contributed by atoms with Crippen LogP contribution in [-0.4, -0.2) is 36.6 Å². The summed E-state index contributed by atoms with van der Waals surface area (Å²) in [7, 11) is 0. The molecule has 0 saturated heterocycles. The molecule has 1 fully saturated rings. The van der Waals surface area contributed by atoms with Crippen molar-refractivity contribution in [3.05, 3.63) is 65.9 Å². The molecular weight excluding hydrogens is 370 g/mol. The van der Waals surface area contributed by atoms with Crippen LogP contribution in [-0.2, 0) is 0 Å². The first-order chi connectivity index (χ1) is 14.1. The molecule has 1 saturated carbocycles. The Bertz CT molecular complexity index is 1210. The lowest BCUT2D eigenvalue weighted by molar-refractivity contribution is 0.0625. The molecule has 8 heteroatoms. The molecule has 0 atom stereocenters. The molecule has 3 heterocycles. The van der Waals surface area contributed by atoms with Crippen molar-refractivity contribution in [3.63, 3.8) is 0 Å². The average Bonchev–Trinajstić information content (AvgIpc) is 3.34. The molecule has 3 aromatic heterocycles. The smallest absolute Gasteiger partial charge is 0.274 e. The van der Waals surface area contributed by atoms with Crippen LogP contribution in [0.3, 0.4) is 0 Å². The van der Waals surface area contributed by atoms with E-state index in [-0.39, 0.29) is 17.9 Å². The van der Waals surface area contributed by atoms with E-state index < -0.39 is 0 Å². The molecule has 0 radical (unpaired) electrons. The minimum atomic E-state index is -0.281. The van der Waals surface area contributed by atoms with Gasteiger partial charge >= 0.3 is 0 Å². The number of benzene rings is 1. The van der Waals surface area contributed by atoms with Crippen LogP contribution in [0.4, 0.5) is 5.69 Å². The van der Waals surface area contributed by atoms with Crippen molar-refractivity contribution in [1.29, 1.82) is 0 Å². The Morgan fingerprint density at radius 1 is 1.28 bits per heavy atom. The van der Waals surface area contributed by atoms with Crippen LogP contribution in [0, 0.1) is 6.92 Å². The number of pyridine rings is 1. The fourth-order valence-electron chi connectivity index (χ4n) is 3.49. The van der Waals surface area contributed by atoms with E-state index in [9.17, 15) is 9.90 Å². The van der Waals surface area contributed by atoms with Gasteiger partial charge in [-0.1, -0.05) is 23.4 Å². The van der Waals surface area contributed by atoms with Crippen LogP contribution < -0.4 is 5.32 Å². The lowest BCUT2D eigenvalue weighted by Gasteiger charge is -2.27. The highest BCUT2D eigenvalue weighted by Crippen LogP contribution is 2.36. The van der Waals surface area contributed by atoms with Crippen molar-refractivity contribution < 1.29 is 14.4 Å². The van der Waals surface area contributed by atoms with Crippen LogP contribution in [0.5, 0.6) is 0 Å². The summed E-state index contributed by atoms with van der Waals surface area (Å²) in [6.07, 6.45) is 4.38. The number of amides is 1. The SMILES string of the molecule is Cc1ccc(-c2noc(C3CC(O)C3)n2)cc1NC(=O)c1cnc2ccccn12. The molecule has 146 valence electrons. The minimum absolute atomic E-state index is 0.117. The monoisotopic (exact) mass is 389 g/mol. The van der Waals surface area contributed by atoms with Crippen LogP contribution in [0.25, 0.3) is 17.0 Å². The molecule has 2 N–H and O–H groups in total. The van der Waals surface area contributed by atoms with Gasteiger partial charge in [0.1, 0.15) is 11.3 Å². The highest BCUT2D eigenvalue weighted by Gasteiger charge is 2.33. The number of anilines is 1. The molecule has 4 aromatic rings. The number of carbonyl (C=O) groups is 1. The van der Waals surface area contributed by atoms with Gasteiger partial charge in [-0.2, -0.15) is 4.98 Å². The van der Waals surface area contributed by atoms with Gasteiger partial charge in [0.15, 0.2) is 0 Å². The van der Waals surface area contributed by atoms with Crippen molar-refractivity contribution in [3.8, 4) is 11.4 Å². The van der Waals surface area contributed by atoms with E-state index >= 15 is 0 Å². The number of nitrogens with zero attached hydrogens (tertiary/aromatic N) is 4. The Hall–Kier alpha value is -3.52. The number of carbonyl (C=O) groups excluding carboxylic acids is 1. The first kappa shape index (κ1) is 17.6. The van der Waals surface area contributed by atoms with Gasteiger partial charge in [0, 0.05) is 23.4 Å². The van der Waals surface area contributed by atoms with E-state index in [1.807, 2.05) is 43.3 Å². The van der Waals surface area contributed by atoms with Crippen molar-refractivity contribution in [1.82, 2.24) is 19.5 Å². The van der Waals surface area contributed by atoms with Gasteiger partial charge in [-0.15, -0.1) is 0 Å². The fourth-order valence-corrected chi connectivity index (χ4v) is 3.49. The van der Waals surface area contributed by atoms with Gasteiger partial charge in [-0.25, -0.2) is 4.98 Å². The Morgan fingerprint density at radius 3 is 2.97 bits per heavy atom. The summed E-state index contributed by atoms with van der Waals surface area (Å²) in [4.78, 5) is 21.5. The Morgan fingerprint density at radius 2 is 2.14 bits per heavy atom. The predicted molar refractivity (Wildman–Crippen MR) is 106 cm³/mol. The van der Waals surface area contributed by atoms with Crippen molar-refractivity contribution in [2.24, 2.45) is 0 Å². The molecule has 5 rings (SSSR count). The lowest BCUT2D eigenvalue weighted by atomic mass is 9.82. The van der Waals surface area contributed by atoms with Crippen molar-refractivity contribution in [2.45, 2.75) is 31.8 Å². The van der Waals surface area contributed by atoms with Gasteiger partial charge in [-0.05, 0) is 43.5 Å². The normalized spacial score (nSPS) is 18.6. The maximum Gasteiger partial charge on any atom is 0.274 e. The molecule has 1 amide bonds. The van der Waals surface area contributed by atoms with Crippen LogP contribution >= 0.6 is 0 Å². The largest absolute Gasteiger partial charge is 0.393 e. The van der Waals surface area contributed by atoms with Gasteiger partial charge in [0.2, 0.25) is 11.7 Å². The summed E-state index contributed by atoms with van der Waals surface area (Å²) in [5.41, 5.74) is 3.50. The second-order valence-electron chi connectivity index (χ2n) is 7.33. The van der Waals surface area contributed by atoms with E-state index in [2.05, 4.69) is 20.4 Å². The van der Waals surface area contributed by atoms with E-state index in [1.165, 1.54) is 0 Å². The maximum absolute atomic E-state index is 12.8. The number of hydrogen-bond acceptors (Lipinski definition) is 6. The number of hydrogen-bond donors (Lipinski definition) is 2. The van der Waals surface area contributed by atoms with Gasteiger partial charge < -0.3 is 14.9 Å². The summed E-state index contributed by atoms with van der Waals surface area (Å²) in [6.45, 7) is 1.92. The molecule has 0 unspecified atom stereocenters. The van der Waals surface area contributed by atoms with Crippen molar-refractivity contribution >= 4 is 17.2 Å². The molecule has 8 nitrogen and oxygen atoms in total. The highest BCUT2D eigenvalue weighted by molar-refractivity contribution is 6.04. The third-order valence-corrected chi connectivity index (χ3v) is 5.30. The third-order valence-electron chi connectivity index (χ3n) is 5.30. The zero-order valence-corrected chi connectivity index (χ0v) is 15.7. The number of aryl methyl sites for hydroxylation is 1. The second kappa shape index (κ2) is 6.82. The summed E-state index contributed by atoms with van der Waals surface area (Å²) < 4.78 is 7.10. The number of aromatic nitrogens is 4. The Kier molecular flexibility index (Phi) is 4.13. The highest BCUT2D eigenvalue weighted by atomic mass is 16.5. The molecule has 1 aromatic carbocycles. The summed E-state index contributed by atoms with van der Waals surface area (Å²) >= 11 is 0. The number of aliphatic hydroxyl groups excluding tert-OH is 1. The third kappa shape index (κ3) is 3.17. The van der Waals surface area contributed by atoms with E-state index in [0.717, 1.165) is 11.1 Å². The molecule has 0 aliphatic heterocycles. The van der Waals surface area contributed by atoms with E-state index in [1.54, 1.807) is 16.8 Å². The predicted octanol–water partition coefficient (Wildman–Crippen LogP) is 3.18. The summed E-state index contributed by atoms with van der Waals surface area (Å²) in [5, 5.41) is 16.5. The van der Waals surface area contributed by atoms with Crippen molar-refractivity contribution in [2.75, 3.05) is 5.32 Å². The zero-order valence-electron chi connectivity index (χ0n) is 15.7. The summed E-state index contributed by atoms with van der Waals surface area (Å²) in [6, 6.07) is 11.2. The van der Waals surface area contributed by atoms with Gasteiger partial charge in [0.25, 0.3) is 5.91 Å². The number of imidazole rings is 1. The Labute approximate surface area is 166 Å². The standard InChI is InChI=1S/C21H19N5O3/c1-12-5-6-13(19-24-21(29-25-19)14-8-15(27)9-14)10-16(12)23-20(28)17-11-22-18-4-2-3-7-26(17)18/h2-7,10-11,14-15,27H,8-9H2,1H3,(H,23,28). The van der Waals surface area contributed by atoms with Crippen LogP contribution in [0.1, 0.15) is 40.7 Å². The average molecular weight is 389 g/mol. The molecule has 1 aliphatic rings. The molecule has 1 aliphatic carbocycles. The molecular formula is C21H19N5O3. The zero-order chi connectivity index (χ0) is 20.0. The number of nitrogens with one attached hydrogen (secondary N) is 1. The quantitative estimate of drug-likeness (QED) is 0.555. The lowest BCUT2D eigenvalue weighted by Crippen LogP contribution is -2.26. The topological polar surface area (TPSA) is 106 Å². The van der Waals surface area contributed by atoms with Gasteiger partial charge in [0.05, 0.1) is 12.3 Å². The fraction of sp³-hybridized carbons (Fsp3) is 0.238. The van der Waals surface area contributed by atoms with E-state index in [4.69, 9.17) is 4.52 Å². The van der Waals surface area contributed by atoms with Gasteiger partial charge in [-0.3, -0.25) is 9.20 Å². The number of rotatable bonds is 4. The molecule has 0 spiro atoms. The number of aliphatic hydroxyl groups is 1. The first-order valence-electron chi connectivity index (χ1n) is 9.44. The second-order valence-corrected chi connectivity index (χ2v) is 7.33. The van der Waals surface area contributed by atoms with Crippen LogP contribution in [0.15, 0.2) is 53.3 Å². The number of fused-ring (bicyclic) bond motifs is 1.